The molecule has 3 rings (SSSR count). The minimum absolute atomic E-state index is 0.151. The lowest BCUT2D eigenvalue weighted by molar-refractivity contribution is 0.129. The first kappa shape index (κ1) is 12.6. The summed E-state index contributed by atoms with van der Waals surface area (Å²) in [6.45, 7) is 0.662. The Hall–Kier alpha value is -1.46. The van der Waals surface area contributed by atoms with E-state index in [9.17, 15) is 0 Å². The van der Waals surface area contributed by atoms with Gasteiger partial charge in [0.15, 0.2) is 0 Å². The van der Waals surface area contributed by atoms with Crippen molar-refractivity contribution in [2.75, 3.05) is 6.54 Å². The van der Waals surface area contributed by atoms with Crippen LogP contribution in [0.4, 0.5) is 0 Å². The van der Waals surface area contributed by atoms with E-state index in [0.717, 1.165) is 19.3 Å². The molecule has 0 atom stereocenters. The number of nitrogens with zero attached hydrogens (tertiary/aromatic N) is 3. The molecule has 19 heavy (non-hydrogen) atoms. The van der Waals surface area contributed by atoms with Crippen molar-refractivity contribution in [1.82, 2.24) is 15.1 Å². The van der Waals surface area contributed by atoms with Gasteiger partial charge in [-0.25, -0.2) is 0 Å². The third-order valence-corrected chi connectivity index (χ3v) is 4.12. The second-order valence-corrected chi connectivity index (χ2v) is 5.49. The normalized spacial score (nSPS) is 17.2. The van der Waals surface area contributed by atoms with Gasteiger partial charge in [0.1, 0.15) is 5.69 Å². The largest absolute Gasteiger partial charge is 0.339 e. The molecule has 6 heteroatoms. The number of hydrogen-bond donors (Lipinski definition) is 1. The molecular weight excluding hydrogens is 264 g/mol. The summed E-state index contributed by atoms with van der Waals surface area (Å²) in [5.74, 6) is 1.05. The maximum atomic E-state index is 6.06. The molecule has 0 radical (unpaired) electrons. The van der Waals surface area contributed by atoms with E-state index in [-0.39, 0.29) is 5.41 Å². The Morgan fingerprint density at radius 1 is 1.42 bits per heavy atom. The Morgan fingerprint density at radius 3 is 2.89 bits per heavy atom. The van der Waals surface area contributed by atoms with Gasteiger partial charge in [0.25, 0.3) is 0 Å². The van der Waals surface area contributed by atoms with Crippen molar-refractivity contribution in [1.29, 1.82) is 0 Å². The van der Waals surface area contributed by atoms with Crippen LogP contribution < -0.4 is 5.73 Å². The Labute approximate surface area is 116 Å². The predicted molar refractivity (Wildman–Crippen MR) is 71.6 cm³/mol. The Bertz CT molecular complexity index is 574. The predicted octanol–water partition coefficient (Wildman–Crippen LogP) is 2.46. The molecule has 2 N–H and O–H groups in total. The van der Waals surface area contributed by atoms with Gasteiger partial charge in [0, 0.05) is 12.6 Å². The summed E-state index contributed by atoms with van der Waals surface area (Å²) in [5.41, 5.74) is 6.54. The molecule has 1 fully saturated rings. The van der Waals surface area contributed by atoms with Crippen molar-refractivity contribution in [3.63, 3.8) is 0 Å². The summed E-state index contributed by atoms with van der Waals surface area (Å²) in [6.07, 6.45) is 5.88. The zero-order chi connectivity index (χ0) is 13.3. The summed E-state index contributed by atoms with van der Waals surface area (Å²) < 4.78 is 5.29. The number of nitrogens with two attached hydrogens (primary N) is 1. The first-order chi connectivity index (χ1) is 9.22. The van der Waals surface area contributed by atoms with Gasteiger partial charge in [-0.15, -0.1) is 0 Å². The molecule has 0 unspecified atom stereocenters. The summed E-state index contributed by atoms with van der Waals surface area (Å²) in [4.78, 5) is 8.55. The smallest absolute Gasteiger partial charge is 0.227 e. The van der Waals surface area contributed by atoms with Crippen LogP contribution >= 0.6 is 11.6 Å². The quantitative estimate of drug-likeness (QED) is 0.929. The summed E-state index contributed by atoms with van der Waals surface area (Å²) >= 11 is 6.06. The fourth-order valence-corrected chi connectivity index (χ4v) is 2.63. The third-order valence-electron chi connectivity index (χ3n) is 3.81. The zero-order valence-corrected chi connectivity index (χ0v) is 11.2. The molecule has 2 aromatic heterocycles. The lowest BCUT2D eigenvalue weighted by atomic mass is 9.67. The van der Waals surface area contributed by atoms with Gasteiger partial charge in [0.05, 0.1) is 5.02 Å². The van der Waals surface area contributed by atoms with Gasteiger partial charge in [-0.1, -0.05) is 23.2 Å². The van der Waals surface area contributed by atoms with Gasteiger partial charge in [-0.2, -0.15) is 4.98 Å². The molecule has 2 aromatic rings. The zero-order valence-electron chi connectivity index (χ0n) is 10.5. The van der Waals surface area contributed by atoms with Crippen LogP contribution in [0.1, 0.15) is 25.2 Å². The molecule has 0 spiro atoms. The molecular formula is C13H15ClN4O. The molecule has 0 bridgehead atoms. The van der Waals surface area contributed by atoms with Crippen LogP contribution in [0.15, 0.2) is 22.9 Å². The van der Waals surface area contributed by atoms with E-state index in [1.165, 1.54) is 6.42 Å². The van der Waals surface area contributed by atoms with Crippen molar-refractivity contribution in [2.24, 2.45) is 11.1 Å². The highest BCUT2D eigenvalue weighted by atomic mass is 35.5. The molecule has 0 aliphatic heterocycles. The Kier molecular flexibility index (Phi) is 3.24. The molecule has 1 aliphatic carbocycles. The van der Waals surface area contributed by atoms with Gasteiger partial charge < -0.3 is 10.3 Å². The van der Waals surface area contributed by atoms with E-state index in [2.05, 4.69) is 15.1 Å². The minimum Gasteiger partial charge on any atom is -0.339 e. The molecule has 2 heterocycles. The molecule has 5 nitrogen and oxygen atoms in total. The standard InChI is InChI=1S/C13H15ClN4O/c14-9-3-1-6-16-11(9)12-17-10(19-18-12)7-13(8-15)4-2-5-13/h1,3,6H,2,4-5,7-8,15H2. The Morgan fingerprint density at radius 2 is 2.26 bits per heavy atom. The molecule has 0 aromatic carbocycles. The second kappa shape index (κ2) is 4.90. The maximum Gasteiger partial charge on any atom is 0.227 e. The highest BCUT2D eigenvalue weighted by Crippen LogP contribution is 2.42. The van der Waals surface area contributed by atoms with E-state index in [1.807, 2.05) is 0 Å². The van der Waals surface area contributed by atoms with Crippen LogP contribution in [0, 0.1) is 5.41 Å². The third kappa shape index (κ3) is 2.35. The van der Waals surface area contributed by atoms with Crippen LogP contribution in [0.25, 0.3) is 11.5 Å². The fourth-order valence-electron chi connectivity index (χ4n) is 2.42. The number of aromatic nitrogens is 3. The molecule has 0 saturated heterocycles. The van der Waals surface area contributed by atoms with E-state index in [4.69, 9.17) is 21.9 Å². The summed E-state index contributed by atoms with van der Waals surface area (Å²) in [7, 11) is 0. The van der Waals surface area contributed by atoms with Gasteiger partial charge in [-0.05, 0) is 36.9 Å². The topological polar surface area (TPSA) is 77.8 Å². The maximum absolute atomic E-state index is 6.06. The molecule has 0 amide bonds. The lowest BCUT2D eigenvalue weighted by Gasteiger charge is -2.39. The SMILES string of the molecule is NCC1(Cc2nc(-c3ncccc3Cl)no2)CCC1. The van der Waals surface area contributed by atoms with E-state index in [1.54, 1.807) is 18.3 Å². The number of hydrogen-bond acceptors (Lipinski definition) is 5. The fraction of sp³-hybridized carbons (Fsp3) is 0.462. The first-order valence-corrected chi connectivity index (χ1v) is 6.74. The van der Waals surface area contributed by atoms with Gasteiger partial charge in [-0.3, -0.25) is 4.98 Å². The van der Waals surface area contributed by atoms with E-state index in [0.29, 0.717) is 29.0 Å². The van der Waals surface area contributed by atoms with Crippen LogP contribution in [0.3, 0.4) is 0 Å². The lowest BCUT2D eigenvalue weighted by Crippen LogP contribution is -2.39. The van der Waals surface area contributed by atoms with Crippen molar-refractivity contribution < 1.29 is 4.52 Å². The van der Waals surface area contributed by atoms with Gasteiger partial charge in [0.2, 0.25) is 11.7 Å². The first-order valence-electron chi connectivity index (χ1n) is 6.36. The van der Waals surface area contributed by atoms with Gasteiger partial charge >= 0.3 is 0 Å². The number of pyridine rings is 1. The average molecular weight is 279 g/mol. The average Bonchev–Trinajstić information content (AvgIpc) is 2.83. The number of rotatable bonds is 4. The number of halogens is 1. The molecule has 1 saturated carbocycles. The van der Waals surface area contributed by atoms with Crippen LogP contribution in [0.2, 0.25) is 5.02 Å². The monoisotopic (exact) mass is 278 g/mol. The summed E-state index contributed by atoms with van der Waals surface area (Å²) in [5, 5.41) is 4.47. The van der Waals surface area contributed by atoms with Crippen molar-refractivity contribution in [3.8, 4) is 11.5 Å². The minimum atomic E-state index is 0.151. The van der Waals surface area contributed by atoms with E-state index >= 15 is 0 Å². The highest BCUT2D eigenvalue weighted by molar-refractivity contribution is 6.32. The van der Waals surface area contributed by atoms with Crippen LogP contribution in [-0.4, -0.2) is 21.7 Å². The van der Waals surface area contributed by atoms with Crippen LogP contribution in [-0.2, 0) is 6.42 Å². The highest BCUT2D eigenvalue weighted by Gasteiger charge is 2.37. The van der Waals surface area contributed by atoms with Crippen molar-refractivity contribution >= 4 is 11.6 Å². The van der Waals surface area contributed by atoms with Crippen LogP contribution in [0.5, 0.6) is 0 Å². The van der Waals surface area contributed by atoms with E-state index < -0.39 is 0 Å². The van der Waals surface area contributed by atoms with Crippen molar-refractivity contribution in [3.05, 3.63) is 29.2 Å². The second-order valence-electron chi connectivity index (χ2n) is 5.08. The molecule has 1 aliphatic rings. The Balaban J connectivity index is 1.82. The molecule has 100 valence electrons. The summed E-state index contributed by atoms with van der Waals surface area (Å²) in [6, 6.07) is 3.53. The van der Waals surface area contributed by atoms with Crippen molar-refractivity contribution in [2.45, 2.75) is 25.7 Å².